The van der Waals surface area contributed by atoms with Crippen molar-refractivity contribution in [2.75, 3.05) is 24.6 Å². The van der Waals surface area contributed by atoms with Crippen molar-refractivity contribution in [3.05, 3.63) is 17.0 Å². The van der Waals surface area contributed by atoms with E-state index in [2.05, 4.69) is 10.2 Å². The van der Waals surface area contributed by atoms with Crippen molar-refractivity contribution in [2.45, 2.75) is 46.2 Å². The molecule has 0 spiro atoms. The number of carbonyl (C=O) groups excluding carboxylic acids is 2. The van der Waals surface area contributed by atoms with Gasteiger partial charge in [-0.25, -0.2) is 8.42 Å². The Balaban J connectivity index is 1.91. The highest BCUT2D eigenvalue weighted by Gasteiger charge is 2.50. The molecule has 144 valence electrons. The molecule has 2 aliphatic rings. The first-order chi connectivity index (χ1) is 12.2. The average molecular weight is 382 g/mol. The normalized spacial score (nSPS) is 24.8. The molecule has 3 heterocycles. The van der Waals surface area contributed by atoms with Gasteiger partial charge >= 0.3 is 0 Å². The molecule has 2 aliphatic heterocycles. The number of hydrogen-bond donors (Lipinski definition) is 1. The van der Waals surface area contributed by atoms with Crippen molar-refractivity contribution in [3.8, 4) is 0 Å². The van der Waals surface area contributed by atoms with Gasteiger partial charge in [-0.2, -0.15) is 5.10 Å². The Morgan fingerprint density at radius 1 is 1.19 bits per heavy atom. The predicted molar refractivity (Wildman–Crippen MR) is 96.5 cm³/mol. The second-order valence-corrected chi connectivity index (χ2v) is 9.58. The van der Waals surface area contributed by atoms with Crippen molar-refractivity contribution in [1.82, 2.24) is 20.0 Å². The molecule has 1 aromatic heterocycles. The number of rotatable bonds is 3. The van der Waals surface area contributed by atoms with Crippen LogP contribution >= 0.6 is 0 Å². The van der Waals surface area contributed by atoms with E-state index < -0.39 is 21.9 Å². The molecule has 8 nitrogen and oxygen atoms in total. The van der Waals surface area contributed by atoms with Gasteiger partial charge in [-0.15, -0.1) is 0 Å². The van der Waals surface area contributed by atoms with Gasteiger partial charge in [-0.05, 0) is 13.3 Å². The van der Waals surface area contributed by atoms with Crippen molar-refractivity contribution in [3.63, 3.8) is 0 Å². The van der Waals surface area contributed by atoms with E-state index in [0.717, 1.165) is 17.7 Å². The van der Waals surface area contributed by atoms with Crippen LogP contribution in [0, 0.1) is 12.8 Å². The first-order valence-electron chi connectivity index (χ1n) is 9.02. The first-order valence-corrected chi connectivity index (χ1v) is 10.8. The zero-order valence-corrected chi connectivity index (χ0v) is 16.5. The second-order valence-electron chi connectivity index (χ2n) is 7.43. The van der Waals surface area contributed by atoms with Crippen molar-refractivity contribution < 1.29 is 18.0 Å². The van der Waals surface area contributed by atoms with Gasteiger partial charge in [0.1, 0.15) is 0 Å². The Hall–Kier alpha value is -1.90. The van der Waals surface area contributed by atoms with Crippen molar-refractivity contribution in [2.24, 2.45) is 5.92 Å². The van der Waals surface area contributed by atoms with Crippen LogP contribution in [0.15, 0.2) is 0 Å². The quantitative estimate of drug-likeness (QED) is 0.814. The molecule has 9 heteroatoms. The number of carbonyl (C=O) groups is 2. The van der Waals surface area contributed by atoms with Crippen LogP contribution in [0.5, 0.6) is 0 Å². The van der Waals surface area contributed by atoms with Gasteiger partial charge in [0.2, 0.25) is 5.91 Å². The van der Waals surface area contributed by atoms with E-state index in [0.29, 0.717) is 18.8 Å². The molecular formula is C17H26N4O4S. The summed E-state index contributed by atoms with van der Waals surface area (Å²) in [6, 6.07) is -0.984. The van der Waals surface area contributed by atoms with E-state index in [9.17, 15) is 18.0 Å². The van der Waals surface area contributed by atoms with Crippen LogP contribution in [0.4, 0.5) is 0 Å². The van der Waals surface area contributed by atoms with Crippen LogP contribution in [0.2, 0.25) is 0 Å². The minimum absolute atomic E-state index is 0.0616. The highest BCUT2D eigenvalue weighted by molar-refractivity contribution is 7.91. The highest BCUT2D eigenvalue weighted by atomic mass is 32.2. The van der Waals surface area contributed by atoms with E-state index in [1.165, 1.54) is 0 Å². The Morgan fingerprint density at radius 2 is 1.77 bits per heavy atom. The molecule has 0 saturated carbocycles. The number of sulfone groups is 1. The maximum absolute atomic E-state index is 13.1. The van der Waals surface area contributed by atoms with Crippen LogP contribution in [-0.4, -0.2) is 76.9 Å². The Labute approximate surface area is 153 Å². The molecule has 0 radical (unpaired) electrons. The maximum Gasteiger partial charge on any atom is 0.275 e. The molecule has 2 fully saturated rings. The number of amides is 2. The van der Waals surface area contributed by atoms with Gasteiger partial charge in [0.05, 0.1) is 23.6 Å². The molecule has 26 heavy (non-hydrogen) atoms. The molecule has 0 aliphatic carbocycles. The highest BCUT2D eigenvalue weighted by Crippen LogP contribution is 2.29. The van der Waals surface area contributed by atoms with Crippen LogP contribution in [-0.2, 0) is 21.1 Å². The van der Waals surface area contributed by atoms with Crippen molar-refractivity contribution in [1.29, 1.82) is 0 Å². The fraction of sp³-hybridized carbons (Fsp3) is 0.706. The topological polar surface area (TPSA) is 103 Å². The number of piperazine rings is 1. The molecule has 2 atom stereocenters. The number of H-pyrrole nitrogens is 1. The van der Waals surface area contributed by atoms with Gasteiger partial charge in [0.25, 0.3) is 5.91 Å². The van der Waals surface area contributed by atoms with E-state index in [-0.39, 0.29) is 29.2 Å². The zero-order valence-electron chi connectivity index (χ0n) is 15.7. The molecule has 0 aromatic carbocycles. The summed E-state index contributed by atoms with van der Waals surface area (Å²) in [5.74, 6) is -0.716. The lowest BCUT2D eigenvalue weighted by Crippen LogP contribution is -2.62. The van der Waals surface area contributed by atoms with E-state index in [4.69, 9.17) is 0 Å². The lowest BCUT2D eigenvalue weighted by atomic mass is 10.0. The third kappa shape index (κ3) is 3.13. The maximum atomic E-state index is 13.1. The number of nitrogens with zero attached hydrogens (tertiary/aromatic N) is 3. The number of aryl methyl sites for hydroxylation is 1. The summed E-state index contributed by atoms with van der Waals surface area (Å²) in [7, 11) is -3.30. The van der Waals surface area contributed by atoms with E-state index in [1.54, 1.807) is 23.6 Å². The Morgan fingerprint density at radius 3 is 2.31 bits per heavy atom. The lowest BCUT2D eigenvalue weighted by molar-refractivity contribution is -0.139. The number of fused-ring (bicyclic) bond motifs is 1. The molecule has 0 bridgehead atoms. The Bertz CT molecular complexity index is 830. The summed E-state index contributed by atoms with van der Waals surface area (Å²) in [6.07, 6.45) is 0.739. The summed E-state index contributed by atoms with van der Waals surface area (Å²) < 4.78 is 24.5. The summed E-state index contributed by atoms with van der Waals surface area (Å²) in [5.41, 5.74) is 2.04. The third-order valence-corrected chi connectivity index (χ3v) is 7.08. The lowest BCUT2D eigenvalue weighted by Gasteiger charge is -2.44. The monoisotopic (exact) mass is 382 g/mol. The second kappa shape index (κ2) is 6.68. The molecule has 2 amide bonds. The van der Waals surface area contributed by atoms with Gasteiger partial charge in [0, 0.05) is 30.3 Å². The van der Waals surface area contributed by atoms with E-state index in [1.807, 2.05) is 13.8 Å². The molecule has 1 aromatic rings. The zero-order chi connectivity index (χ0) is 19.2. The van der Waals surface area contributed by atoms with Gasteiger partial charge < -0.3 is 9.80 Å². The molecule has 3 rings (SSSR count). The summed E-state index contributed by atoms with van der Waals surface area (Å²) in [6.45, 7) is 8.10. The third-order valence-electron chi connectivity index (χ3n) is 5.38. The summed E-state index contributed by atoms with van der Waals surface area (Å²) in [4.78, 5) is 28.8. The number of aromatic amines is 1. The standard InChI is InChI=1S/C17H26N4O4S/c1-5-12-11(4)15(19-18-12)17(23)21-7-6-20(16(22)10(2)3)13-8-26(24,25)9-14(13)21/h10,13-14H,5-9H2,1-4H3,(H,18,19)/t13-,14+/m1/s1. The summed E-state index contributed by atoms with van der Waals surface area (Å²) >= 11 is 0. The van der Waals surface area contributed by atoms with Crippen LogP contribution in [0.25, 0.3) is 0 Å². The minimum Gasteiger partial charge on any atom is -0.335 e. The van der Waals surface area contributed by atoms with Crippen LogP contribution in [0.1, 0.15) is 42.5 Å². The predicted octanol–water partition coefficient (Wildman–Crippen LogP) is 0.387. The molecule has 2 saturated heterocycles. The average Bonchev–Trinajstić information content (AvgIpc) is 3.10. The number of hydrogen-bond acceptors (Lipinski definition) is 5. The van der Waals surface area contributed by atoms with E-state index >= 15 is 0 Å². The van der Waals surface area contributed by atoms with Gasteiger partial charge in [0.15, 0.2) is 15.5 Å². The minimum atomic E-state index is -3.30. The Kier molecular flexibility index (Phi) is 4.85. The molecule has 1 N–H and O–H groups in total. The fourth-order valence-corrected chi connectivity index (χ4v) is 5.91. The van der Waals surface area contributed by atoms with Crippen LogP contribution in [0.3, 0.4) is 0 Å². The van der Waals surface area contributed by atoms with Crippen molar-refractivity contribution >= 4 is 21.7 Å². The number of aromatic nitrogens is 2. The largest absolute Gasteiger partial charge is 0.335 e. The fourth-order valence-electron chi connectivity index (χ4n) is 3.93. The van der Waals surface area contributed by atoms with Gasteiger partial charge in [-0.3, -0.25) is 14.7 Å². The summed E-state index contributed by atoms with van der Waals surface area (Å²) in [5, 5.41) is 7.03. The molecular weight excluding hydrogens is 356 g/mol. The van der Waals surface area contributed by atoms with Gasteiger partial charge in [-0.1, -0.05) is 20.8 Å². The first kappa shape index (κ1) is 18.9. The molecule has 0 unspecified atom stereocenters. The SMILES string of the molecule is CCc1[nH]nc(C(=O)N2CCN(C(=O)C(C)C)[C@@H]3CS(=O)(=O)C[C@@H]32)c1C. The smallest absolute Gasteiger partial charge is 0.275 e. The van der Waals surface area contributed by atoms with Crippen LogP contribution < -0.4 is 0 Å². The number of nitrogens with one attached hydrogen (secondary N) is 1.